The van der Waals surface area contributed by atoms with Gasteiger partial charge in [0.15, 0.2) is 11.4 Å². The molecule has 0 saturated heterocycles. The van der Waals surface area contributed by atoms with Crippen molar-refractivity contribution >= 4 is 17.5 Å². The molecule has 11 heteroatoms. The van der Waals surface area contributed by atoms with E-state index in [0.717, 1.165) is 12.0 Å². The van der Waals surface area contributed by atoms with Gasteiger partial charge in [0.25, 0.3) is 5.91 Å². The lowest BCUT2D eigenvalue weighted by Gasteiger charge is -2.53. The first-order valence-electron chi connectivity index (χ1n) is 13.8. The Morgan fingerprint density at radius 1 is 1.07 bits per heavy atom. The minimum absolute atomic E-state index is 0.0992. The van der Waals surface area contributed by atoms with Gasteiger partial charge in [0.05, 0.1) is 23.6 Å². The minimum atomic E-state index is -2.93. The van der Waals surface area contributed by atoms with Crippen LogP contribution >= 0.6 is 0 Å². The third-order valence-corrected chi connectivity index (χ3v) is 8.96. The number of rotatable bonds is 7. The summed E-state index contributed by atoms with van der Waals surface area (Å²) in [6, 6.07) is 11.9. The van der Waals surface area contributed by atoms with Gasteiger partial charge in [-0.05, 0) is 44.1 Å². The fourth-order valence-corrected chi connectivity index (χ4v) is 6.91. The highest BCUT2D eigenvalue weighted by Gasteiger charge is 2.67. The molecule has 0 fully saturated rings. The van der Waals surface area contributed by atoms with Crippen molar-refractivity contribution in [1.82, 2.24) is 10.2 Å². The highest BCUT2D eigenvalue weighted by Crippen LogP contribution is 2.55. The number of Topliss-reactive ketones (excluding diaryl/α,β-unsaturated/α-hetero) is 2. The van der Waals surface area contributed by atoms with Crippen LogP contribution in [0.1, 0.15) is 39.9 Å². The second-order valence-corrected chi connectivity index (χ2v) is 11.5. The first kappa shape index (κ1) is 29.5. The molecule has 0 bridgehead atoms. The topological polar surface area (TPSA) is 194 Å². The van der Waals surface area contributed by atoms with Crippen LogP contribution in [0.2, 0.25) is 0 Å². The lowest BCUT2D eigenvalue weighted by Crippen LogP contribution is -2.68. The zero-order valence-corrected chi connectivity index (χ0v) is 23.5. The Morgan fingerprint density at radius 3 is 2.36 bits per heavy atom. The third-order valence-electron chi connectivity index (χ3n) is 8.96. The van der Waals surface area contributed by atoms with E-state index in [0.29, 0.717) is 17.7 Å². The fourth-order valence-electron chi connectivity index (χ4n) is 6.91. The number of phenolic OH excluding ortho intramolecular Hbond substituents is 1. The van der Waals surface area contributed by atoms with Gasteiger partial charge in [0.1, 0.15) is 22.8 Å². The van der Waals surface area contributed by atoms with E-state index in [1.54, 1.807) is 19.1 Å². The molecule has 0 aliphatic heterocycles. The van der Waals surface area contributed by atoms with Crippen molar-refractivity contribution in [3.63, 3.8) is 0 Å². The Morgan fingerprint density at radius 2 is 1.74 bits per heavy atom. The third kappa shape index (κ3) is 4.23. The SMILES string of the molecule is C[C@@H]1c2ccc(CNCCc3ccccc3)c(O)c2C(=O)C2=C(O)[C@@]3(O)C(=O)C(C(N)=O)=C(O)[C@H](N(C)C)[C@H]3[C@H](O)[C@H]21. The standard InChI is InChI=1S/C31H35N3O8/c1-14-17-10-9-16(13-33-12-11-15-7-5-4-6-8-15)24(35)19(17)25(36)20-18(14)26(37)22-23(34(2)3)27(38)21(30(32)41)29(40)31(22,42)28(20)39/h4-10,14,18,22-23,26,33,35,37-39,42H,11-13H2,1-3H3,(H2,32,41)/t14-,18+,22+,23-,26-,31-/m1/s1. The van der Waals surface area contributed by atoms with E-state index in [9.17, 15) is 39.9 Å². The summed E-state index contributed by atoms with van der Waals surface area (Å²) in [6.45, 7) is 2.55. The van der Waals surface area contributed by atoms with E-state index < -0.39 is 75.6 Å². The van der Waals surface area contributed by atoms with Crippen molar-refractivity contribution in [2.75, 3.05) is 20.6 Å². The van der Waals surface area contributed by atoms with Crippen LogP contribution in [0.25, 0.3) is 0 Å². The number of likely N-dealkylation sites (N-methyl/N-ethyl adjacent to an activating group) is 1. The quantitative estimate of drug-likeness (QED) is 0.184. The highest BCUT2D eigenvalue weighted by atomic mass is 16.4. The van der Waals surface area contributed by atoms with Crippen molar-refractivity contribution in [3.8, 4) is 5.75 Å². The summed E-state index contributed by atoms with van der Waals surface area (Å²) in [7, 11) is 2.99. The predicted molar refractivity (Wildman–Crippen MR) is 152 cm³/mol. The zero-order chi connectivity index (χ0) is 30.7. The average molecular weight is 578 g/mol. The molecule has 5 rings (SSSR count). The molecule has 222 valence electrons. The highest BCUT2D eigenvalue weighted by molar-refractivity contribution is 6.25. The van der Waals surface area contributed by atoms with E-state index in [1.807, 2.05) is 30.3 Å². The molecule has 0 aromatic heterocycles. The van der Waals surface area contributed by atoms with E-state index in [1.165, 1.54) is 19.0 Å². The normalized spacial score (nSPS) is 29.0. The Bertz CT molecular complexity index is 1530. The number of fused-ring (bicyclic) bond motifs is 3. The summed E-state index contributed by atoms with van der Waals surface area (Å²) in [5.41, 5.74) is 2.97. The van der Waals surface area contributed by atoms with Crippen LogP contribution in [-0.4, -0.2) is 86.3 Å². The number of phenols is 1. The Hall–Kier alpha value is -4.03. The number of aliphatic hydroxyl groups is 4. The summed E-state index contributed by atoms with van der Waals surface area (Å²) < 4.78 is 0. The molecule has 0 spiro atoms. The molecule has 6 atom stereocenters. The number of primary amides is 1. The summed E-state index contributed by atoms with van der Waals surface area (Å²) in [5.74, 6) is -8.96. The monoisotopic (exact) mass is 577 g/mol. The summed E-state index contributed by atoms with van der Waals surface area (Å²) in [6.07, 6.45) is -0.871. The maximum Gasteiger partial charge on any atom is 0.255 e. The van der Waals surface area contributed by atoms with Crippen LogP contribution in [0.3, 0.4) is 0 Å². The number of benzene rings is 2. The van der Waals surface area contributed by atoms with Crippen LogP contribution in [0.5, 0.6) is 5.75 Å². The van der Waals surface area contributed by atoms with Crippen LogP contribution in [0.15, 0.2) is 65.1 Å². The molecule has 8 N–H and O–H groups in total. The van der Waals surface area contributed by atoms with Crippen molar-refractivity contribution in [2.45, 2.75) is 43.6 Å². The summed E-state index contributed by atoms with van der Waals surface area (Å²) in [4.78, 5) is 41.0. The van der Waals surface area contributed by atoms with E-state index in [-0.39, 0.29) is 17.9 Å². The Balaban J connectivity index is 1.56. The zero-order valence-electron chi connectivity index (χ0n) is 23.5. The lowest BCUT2D eigenvalue weighted by molar-refractivity contribution is -0.162. The number of carbonyl (C=O) groups is 3. The van der Waals surface area contributed by atoms with E-state index >= 15 is 0 Å². The smallest absolute Gasteiger partial charge is 0.255 e. The number of nitrogens with one attached hydrogen (secondary N) is 1. The van der Waals surface area contributed by atoms with Crippen LogP contribution in [0.4, 0.5) is 0 Å². The van der Waals surface area contributed by atoms with Gasteiger partial charge in [-0.3, -0.25) is 19.3 Å². The number of hydrogen-bond acceptors (Lipinski definition) is 10. The molecule has 0 radical (unpaired) electrons. The van der Waals surface area contributed by atoms with Crippen molar-refractivity contribution in [3.05, 3.63) is 87.4 Å². The van der Waals surface area contributed by atoms with Gasteiger partial charge in [0, 0.05) is 23.6 Å². The van der Waals surface area contributed by atoms with Crippen LogP contribution < -0.4 is 11.1 Å². The molecule has 1 amide bonds. The molecule has 0 saturated carbocycles. The molecular formula is C31H35N3O8. The number of amides is 1. The maximum atomic E-state index is 14.0. The van der Waals surface area contributed by atoms with Gasteiger partial charge in [-0.1, -0.05) is 49.4 Å². The molecule has 42 heavy (non-hydrogen) atoms. The van der Waals surface area contributed by atoms with E-state index in [2.05, 4.69) is 5.32 Å². The Kier molecular flexibility index (Phi) is 7.48. The summed E-state index contributed by atoms with van der Waals surface area (Å²) in [5, 5.41) is 60.3. The van der Waals surface area contributed by atoms with Crippen LogP contribution in [-0.2, 0) is 22.6 Å². The predicted octanol–water partition coefficient (Wildman–Crippen LogP) is 0.985. The molecule has 3 aliphatic rings. The second kappa shape index (κ2) is 10.7. The fraction of sp³-hybridized carbons (Fsp3) is 0.387. The van der Waals surface area contributed by atoms with E-state index in [4.69, 9.17) is 5.73 Å². The number of nitrogens with two attached hydrogens (primary N) is 1. The van der Waals surface area contributed by atoms with Gasteiger partial charge in [-0.2, -0.15) is 0 Å². The largest absolute Gasteiger partial charge is 0.510 e. The number of aliphatic hydroxyl groups excluding tert-OH is 3. The molecule has 0 heterocycles. The Labute approximate surface area is 242 Å². The lowest BCUT2D eigenvalue weighted by atomic mass is 9.55. The van der Waals surface area contributed by atoms with Crippen molar-refractivity contribution in [1.29, 1.82) is 0 Å². The number of carbonyl (C=O) groups excluding carboxylic acids is 3. The number of nitrogens with zero attached hydrogens (tertiary/aromatic N) is 1. The molecule has 0 unspecified atom stereocenters. The average Bonchev–Trinajstić information content (AvgIpc) is 2.94. The van der Waals surface area contributed by atoms with Gasteiger partial charge >= 0.3 is 0 Å². The minimum Gasteiger partial charge on any atom is -0.510 e. The first-order valence-corrected chi connectivity index (χ1v) is 13.8. The number of aromatic hydroxyl groups is 1. The number of hydrogen-bond donors (Lipinski definition) is 7. The molecular weight excluding hydrogens is 542 g/mol. The molecule has 3 aliphatic carbocycles. The van der Waals surface area contributed by atoms with Gasteiger partial charge in [0.2, 0.25) is 5.78 Å². The van der Waals surface area contributed by atoms with Gasteiger partial charge in [-0.15, -0.1) is 0 Å². The second-order valence-electron chi connectivity index (χ2n) is 11.5. The maximum absolute atomic E-state index is 14.0. The number of ketones is 2. The first-order chi connectivity index (χ1) is 19.8. The van der Waals surface area contributed by atoms with Gasteiger partial charge < -0.3 is 36.6 Å². The van der Waals surface area contributed by atoms with Gasteiger partial charge in [-0.25, -0.2) is 0 Å². The van der Waals surface area contributed by atoms with Crippen LogP contribution in [0, 0.1) is 11.8 Å². The summed E-state index contributed by atoms with van der Waals surface area (Å²) >= 11 is 0. The van der Waals surface area contributed by atoms with Crippen molar-refractivity contribution < 1.29 is 39.9 Å². The van der Waals surface area contributed by atoms with Crippen molar-refractivity contribution in [2.24, 2.45) is 17.6 Å². The molecule has 11 nitrogen and oxygen atoms in total. The molecule has 2 aromatic carbocycles. The molecule has 2 aromatic rings.